The van der Waals surface area contributed by atoms with Crippen LogP contribution in [0.3, 0.4) is 0 Å². The van der Waals surface area contributed by atoms with Crippen molar-refractivity contribution < 1.29 is 19.1 Å². The number of fused-ring (bicyclic) bond motifs is 1. The summed E-state index contributed by atoms with van der Waals surface area (Å²) < 4.78 is 13.0. The number of carbonyl (C=O) groups excluding carboxylic acids is 2. The molecule has 0 fully saturated rings. The Morgan fingerprint density at radius 1 is 1.04 bits per heavy atom. The van der Waals surface area contributed by atoms with Crippen molar-refractivity contribution in [1.29, 1.82) is 0 Å². The molecule has 0 radical (unpaired) electrons. The average molecular weight is 401 g/mol. The zero-order valence-corrected chi connectivity index (χ0v) is 16.7. The highest BCUT2D eigenvalue weighted by Gasteiger charge is 2.31. The van der Waals surface area contributed by atoms with Gasteiger partial charge in [0.05, 0.1) is 11.1 Å². The number of hydrogen-bond donors (Lipinski definition) is 0. The van der Waals surface area contributed by atoms with Gasteiger partial charge < -0.3 is 14.4 Å². The van der Waals surface area contributed by atoms with Crippen LogP contribution in [0.1, 0.15) is 52.8 Å². The van der Waals surface area contributed by atoms with Gasteiger partial charge in [-0.2, -0.15) is 0 Å². The number of carbonyl (C=O) groups is 2. The SMILES string of the molecule is CC(C)(C)OC(=O)N1CCc2c(cc(Br)n2C(=O)OC(C)(C)C)C1. The molecule has 1 aromatic heterocycles. The minimum atomic E-state index is -0.565. The minimum Gasteiger partial charge on any atom is -0.444 e. The lowest BCUT2D eigenvalue weighted by molar-refractivity contribution is 0.0222. The quantitative estimate of drug-likeness (QED) is 0.650. The third kappa shape index (κ3) is 4.53. The van der Waals surface area contributed by atoms with E-state index in [2.05, 4.69) is 15.9 Å². The molecule has 0 atom stereocenters. The zero-order chi connectivity index (χ0) is 18.3. The highest BCUT2D eigenvalue weighted by molar-refractivity contribution is 9.10. The van der Waals surface area contributed by atoms with Crippen LogP contribution in [-0.4, -0.2) is 39.4 Å². The van der Waals surface area contributed by atoms with Crippen molar-refractivity contribution in [2.75, 3.05) is 6.54 Å². The second-order valence-corrected chi connectivity index (χ2v) is 8.72. The normalized spacial score (nSPS) is 15.0. The van der Waals surface area contributed by atoms with Gasteiger partial charge in [0.2, 0.25) is 0 Å². The number of hydrogen-bond acceptors (Lipinski definition) is 4. The van der Waals surface area contributed by atoms with Crippen molar-refractivity contribution in [2.24, 2.45) is 0 Å². The van der Waals surface area contributed by atoms with E-state index >= 15 is 0 Å². The highest BCUT2D eigenvalue weighted by Crippen LogP contribution is 2.28. The van der Waals surface area contributed by atoms with E-state index in [-0.39, 0.29) is 6.09 Å². The van der Waals surface area contributed by atoms with Crippen molar-refractivity contribution in [1.82, 2.24) is 9.47 Å². The lowest BCUT2D eigenvalue weighted by Crippen LogP contribution is -2.40. The number of ether oxygens (including phenoxy) is 2. The maximum absolute atomic E-state index is 12.4. The number of rotatable bonds is 0. The van der Waals surface area contributed by atoms with Gasteiger partial charge in [0.1, 0.15) is 11.2 Å². The molecule has 0 bridgehead atoms. The Morgan fingerprint density at radius 2 is 1.58 bits per heavy atom. The number of amides is 1. The molecule has 0 aromatic carbocycles. The first-order valence-electron chi connectivity index (χ1n) is 7.98. The Labute approximate surface area is 151 Å². The zero-order valence-electron chi connectivity index (χ0n) is 15.1. The summed E-state index contributed by atoms with van der Waals surface area (Å²) in [6.45, 7) is 11.9. The third-order valence-electron chi connectivity index (χ3n) is 3.36. The molecular weight excluding hydrogens is 376 g/mol. The van der Waals surface area contributed by atoms with Gasteiger partial charge in [-0.05, 0) is 69.1 Å². The Balaban J connectivity index is 2.19. The molecule has 6 nitrogen and oxygen atoms in total. The van der Waals surface area contributed by atoms with Crippen molar-refractivity contribution in [3.05, 3.63) is 21.9 Å². The van der Waals surface area contributed by atoms with Gasteiger partial charge >= 0.3 is 12.2 Å². The predicted octanol–water partition coefficient (Wildman–Crippen LogP) is 4.33. The Hall–Kier alpha value is -1.50. The van der Waals surface area contributed by atoms with Crippen LogP contribution in [0.2, 0.25) is 0 Å². The molecule has 0 saturated carbocycles. The fraction of sp³-hybridized carbons (Fsp3) is 0.647. The summed E-state index contributed by atoms with van der Waals surface area (Å²) in [6.07, 6.45) is -0.185. The number of aromatic nitrogens is 1. The second kappa shape index (κ2) is 6.43. The van der Waals surface area contributed by atoms with Gasteiger partial charge in [0.25, 0.3) is 0 Å². The molecule has 134 valence electrons. The second-order valence-electron chi connectivity index (χ2n) is 7.91. The van der Waals surface area contributed by atoms with Crippen LogP contribution in [0.4, 0.5) is 9.59 Å². The molecule has 0 unspecified atom stereocenters. The van der Waals surface area contributed by atoms with Crippen LogP contribution in [0.15, 0.2) is 10.7 Å². The Kier molecular flexibility index (Phi) is 5.04. The average Bonchev–Trinajstić information content (AvgIpc) is 2.69. The summed E-state index contributed by atoms with van der Waals surface area (Å²) in [5.41, 5.74) is 0.700. The first kappa shape index (κ1) is 18.8. The molecule has 1 amide bonds. The molecular formula is C17H25BrN2O4. The van der Waals surface area contributed by atoms with Gasteiger partial charge in [-0.15, -0.1) is 0 Å². The molecule has 1 aliphatic rings. The summed E-state index contributed by atoms with van der Waals surface area (Å²) in [5.74, 6) is 0. The fourth-order valence-electron chi connectivity index (χ4n) is 2.49. The van der Waals surface area contributed by atoms with Gasteiger partial charge in [-0.25, -0.2) is 14.2 Å². The van der Waals surface area contributed by atoms with E-state index in [1.807, 2.05) is 47.6 Å². The summed E-state index contributed by atoms with van der Waals surface area (Å²) in [7, 11) is 0. The van der Waals surface area contributed by atoms with E-state index in [0.29, 0.717) is 24.1 Å². The molecule has 7 heteroatoms. The van der Waals surface area contributed by atoms with Crippen molar-refractivity contribution in [3.63, 3.8) is 0 Å². The molecule has 1 aromatic rings. The molecule has 1 aliphatic heterocycles. The summed E-state index contributed by atoms with van der Waals surface area (Å²) in [5, 5.41) is 0. The fourth-order valence-corrected chi connectivity index (χ4v) is 3.12. The molecule has 0 N–H and O–H groups in total. The van der Waals surface area contributed by atoms with E-state index in [9.17, 15) is 9.59 Å². The Morgan fingerprint density at radius 3 is 2.12 bits per heavy atom. The van der Waals surface area contributed by atoms with Gasteiger partial charge in [-0.1, -0.05) is 0 Å². The Bertz CT molecular complexity index is 653. The van der Waals surface area contributed by atoms with E-state index in [1.54, 1.807) is 4.90 Å². The van der Waals surface area contributed by atoms with Crippen molar-refractivity contribution >= 4 is 28.1 Å². The van der Waals surface area contributed by atoms with Crippen molar-refractivity contribution in [2.45, 2.75) is 65.7 Å². The van der Waals surface area contributed by atoms with E-state index in [1.165, 1.54) is 4.57 Å². The molecule has 0 spiro atoms. The van der Waals surface area contributed by atoms with Crippen LogP contribution in [0, 0.1) is 0 Å². The first-order chi connectivity index (χ1) is 10.9. The largest absolute Gasteiger partial charge is 0.444 e. The maximum Gasteiger partial charge on any atom is 0.419 e. The van der Waals surface area contributed by atoms with E-state index in [4.69, 9.17) is 9.47 Å². The van der Waals surface area contributed by atoms with Crippen LogP contribution in [0.25, 0.3) is 0 Å². The van der Waals surface area contributed by atoms with Crippen LogP contribution in [-0.2, 0) is 22.4 Å². The standard InChI is InChI=1S/C17H25BrN2O4/c1-16(2,3)23-14(21)19-8-7-12-11(10-19)9-13(18)20(12)15(22)24-17(4,5)6/h9H,7-8,10H2,1-6H3. The van der Waals surface area contributed by atoms with Gasteiger partial charge in [0, 0.05) is 18.7 Å². The minimum absolute atomic E-state index is 0.339. The maximum atomic E-state index is 12.4. The van der Waals surface area contributed by atoms with E-state index in [0.717, 1.165) is 11.3 Å². The summed E-state index contributed by atoms with van der Waals surface area (Å²) in [6, 6.07) is 1.86. The highest BCUT2D eigenvalue weighted by atomic mass is 79.9. The number of halogens is 1. The van der Waals surface area contributed by atoms with E-state index < -0.39 is 17.3 Å². The molecule has 0 saturated heterocycles. The number of nitrogens with zero attached hydrogens (tertiary/aromatic N) is 2. The summed E-state index contributed by atoms with van der Waals surface area (Å²) >= 11 is 3.42. The molecule has 2 rings (SSSR count). The molecule has 0 aliphatic carbocycles. The van der Waals surface area contributed by atoms with Crippen LogP contribution < -0.4 is 0 Å². The van der Waals surface area contributed by atoms with Crippen molar-refractivity contribution in [3.8, 4) is 0 Å². The van der Waals surface area contributed by atoms with Crippen LogP contribution in [0.5, 0.6) is 0 Å². The summed E-state index contributed by atoms with van der Waals surface area (Å²) in [4.78, 5) is 26.3. The van der Waals surface area contributed by atoms with Gasteiger partial charge in [0.15, 0.2) is 0 Å². The topological polar surface area (TPSA) is 60.8 Å². The smallest absolute Gasteiger partial charge is 0.419 e. The molecule has 2 heterocycles. The lowest BCUT2D eigenvalue weighted by Gasteiger charge is -2.30. The monoisotopic (exact) mass is 400 g/mol. The first-order valence-corrected chi connectivity index (χ1v) is 8.77. The third-order valence-corrected chi connectivity index (χ3v) is 3.94. The predicted molar refractivity (Wildman–Crippen MR) is 94.1 cm³/mol. The van der Waals surface area contributed by atoms with Crippen LogP contribution >= 0.6 is 15.9 Å². The van der Waals surface area contributed by atoms with Gasteiger partial charge in [-0.3, -0.25) is 0 Å². The molecule has 24 heavy (non-hydrogen) atoms. The lowest BCUT2D eigenvalue weighted by atomic mass is 10.1.